The second kappa shape index (κ2) is 4.68. The highest BCUT2D eigenvalue weighted by Gasteiger charge is 2.37. The van der Waals surface area contributed by atoms with Crippen molar-refractivity contribution >= 4 is 5.97 Å². The number of carboxylic acid groups (broad SMARTS) is 1. The molecule has 0 saturated heterocycles. The average molecular weight is 222 g/mol. The molecule has 2 atom stereocenters. The second-order valence-electron chi connectivity index (χ2n) is 4.52. The fourth-order valence-corrected chi connectivity index (χ4v) is 2.35. The van der Waals surface area contributed by atoms with Gasteiger partial charge in [0.2, 0.25) is 0 Å². The molecule has 2 unspecified atom stereocenters. The largest absolute Gasteiger partial charge is 0.481 e. The van der Waals surface area contributed by atoms with Gasteiger partial charge < -0.3 is 9.67 Å². The highest BCUT2D eigenvalue weighted by Crippen LogP contribution is 2.36. The van der Waals surface area contributed by atoms with Gasteiger partial charge in [0.15, 0.2) is 0 Å². The van der Waals surface area contributed by atoms with E-state index in [9.17, 15) is 4.79 Å². The van der Waals surface area contributed by atoms with Crippen molar-refractivity contribution in [2.24, 2.45) is 11.8 Å². The minimum atomic E-state index is -0.648. The van der Waals surface area contributed by atoms with Crippen LogP contribution in [0.1, 0.15) is 32.0 Å². The van der Waals surface area contributed by atoms with Gasteiger partial charge in [-0.05, 0) is 25.2 Å². The van der Waals surface area contributed by atoms with Gasteiger partial charge in [-0.25, -0.2) is 4.98 Å². The number of aliphatic carboxylic acids is 1. The van der Waals surface area contributed by atoms with Gasteiger partial charge in [-0.2, -0.15) is 0 Å². The lowest BCUT2D eigenvalue weighted by Gasteiger charge is -2.33. The Morgan fingerprint density at radius 2 is 2.44 bits per heavy atom. The van der Waals surface area contributed by atoms with Crippen molar-refractivity contribution < 1.29 is 9.90 Å². The maximum absolute atomic E-state index is 10.9. The predicted octanol–water partition coefficient (Wildman–Crippen LogP) is 1.95. The molecule has 4 nitrogen and oxygen atoms in total. The van der Waals surface area contributed by atoms with Crippen molar-refractivity contribution in [1.29, 1.82) is 0 Å². The van der Waals surface area contributed by atoms with Crippen LogP contribution in [0, 0.1) is 11.8 Å². The van der Waals surface area contributed by atoms with Crippen molar-refractivity contribution in [2.75, 3.05) is 0 Å². The smallest absolute Gasteiger partial charge is 0.306 e. The lowest BCUT2D eigenvalue weighted by molar-refractivity contribution is -0.147. The molecule has 1 N–H and O–H groups in total. The Bertz CT molecular complexity index is 373. The molecule has 0 aromatic carbocycles. The van der Waals surface area contributed by atoms with E-state index in [-0.39, 0.29) is 11.8 Å². The summed E-state index contributed by atoms with van der Waals surface area (Å²) in [7, 11) is 0. The first-order valence-electron chi connectivity index (χ1n) is 5.95. The molecule has 0 spiro atoms. The Hall–Kier alpha value is -1.32. The van der Waals surface area contributed by atoms with Gasteiger partial charge in [-0.1, -0.05) is 6.92 Å². The van der Waals surface area contributed by atoms with Crippen LogP contribution in [0.15, 0.2) is 12.4 Å². The van der Waals surface area contributed by atoms with E-state index >= 15 is 0 Å². The summed E-state index contributed by atoms with van der Waals surface area (Å²) in [5.41, 5.74) is 0. The minimum Gasteiger partial charge on any atom is -0.481 e. The molecule has 1 saturated carbocycles. The summed E-state index contributed by atoms with van der Waals surface area (Å²) in [6.07, 6.45) is 7.53. The molecule has 1 heterocycles. The number of aromatic nitrogens is 2. The molecule has 88 valence electrons. The average Bonchev–Trinajstić information content (AvgIpc) is 2.60. The molecule has 16 heavy (non-hydrogen) atoms. The fraction of sp³-hybridized carbons (Fsp3) is 0.667. The molecule has 0 aliphatic heterocycles. The van der Waals surface area contributed by atoms with E-state index in [0.717, 1.165) is 38.1 Å². The molecule has 0 amide bonds. The number of aryl methyl sites for hydroxylation is 1. The summed E-state index contributed by atoms with van der Waals surface area (Å²) in [4.78, 5) is 15.2. The van der Waals surface area contributed by atoms with Gasteiger partial charge in [-0.3, -0.25) is 4.79 Å². The van der Waals surface area contributed by atoms with Crippen LogP contribution >= 0.6 is 0 Å². The third-order valence-corrected chi connectivity index (χ3v) is 3.45. The molecule has 0 bridgehead atoms. The Morgan fingerprint density at radius 3 is 3.00 bits per heavy atom. The minimum absolute atomic E-state index is 0.147. The Balaban J connectivity index is 1.98. The summed E-state index contributed by atoms with van der Waals surface area (Å²) in [5, 5.41) is 8.98. The molecule has 1 fully saturated rings. The van der Waals surface area contributed by atoms with E-state index < -0.39 is 5.97 Å². The fourth-order valence-electron chi connectivity index (χ4n) is 2.35. The van der Waals surface area contributed by atoms with Crippen molar-refractivity contribution in [2.45, 2.75) is 39.2 Å². The molecule has 2 rings (SSSR count). The van der Waals surface area contributed by atoms with Crippen LogP contribution in [0.3, 0.4) is 0 Å². The highest BCUT2D eigenvalue weighted by molar-refractivity contribution is 5.71. The summed E-state index contributed by atoms with van der Waals surface area (Å²) >= 11 is 0. The van der Waals surface area contributed by atoms with Crippen LogP contribution in [0.5, 0.6) is 0 Å². The third-order valence-electron chi connectivity index (χ3n) is 3.45. The number of imidazole rings is 1. The zero-order chi connectivity index (χ0) is 11.5. The first kappa shape index (κ1) is 11.2. The molecule has 1 aliphatic rings. The molecular weight excluding hydrogens is 204 g/mol. The topological polar surface area (TPSA) is 55.1 Å². The Labute approximate surface area is 95.3 Å². The maximum Gasteiger partial charge on any atom is 0.306 e. The van der Waals surface area contributed by atoms with Crippen LogP contribution in [0.25, 0.3) is 0 Å². The third kappa shape index (κ3) is 2.10. The van der Waals surface area contributed by atoms with Crippen LogP contribution in [0.4, 0.5) is 0 Å². The van der Waals surface area contributed by atoms with E-state index in [1.807, 2.05) is 6.20 Å². The monoisotopic (exact) mass is 222 g/mol. The van der Waals surface area contributed by atoms with Gasteiger partial charge in [0, 0.05) is 25.4 Å². The Kier molecular flexibility index (Phi) is 3.27. The summed E-state index contributed by atoms with van der Waals surface area (Å²) < 4.78 is 2.14. The highest BCUT2D eigenvalue weighted by atomic mass is 16.4. The van der Waals surface area contributed by atoms with Gasteiger partial charge in [0.05, 0.1) is 5.92 Å². The van der Waals surface area contributed by atoms with Crippen LogP contribution in [0.2, 0.25) is 0 Å². The molecule has 4 heteroatoms. The summed E-state index contributed by atoms with van der Waals surface area (Å²) in [5.74, 6) is 0.532. The van der Waals surface area contributed by atoms with Crippen LogP contribution in [-0.2, 0) is 17.8 Å². The first-order valence-corrected chi connectivity index (χ1v) is 5.95. The zero-order valence-electron chi connectivity index (χ0n) is 9.59. The van der Waals surface area contributed by atoms with Gasteiger partial charge in [0.25, 0.3) is 0 Å². The summed E-state index contributed by atoms with van der Waals surface area (Å²) in [6.45, 7) is 3.10. The first-order chi connectivity index (χ1) is 7.72. The Morgan fingerprint density at radius 1 is 1.62 bits per heavy atom. The molecule has 1 aromatic heterocycles. The lowest BCUT2D eigenvalue weighted by atomic mass is 9.72. The summed E-state index contributed by atoms with van der Waals surface area (Å²) in [6, 6.07) is 0. The maximum atomic E-state index is 10.9. The van der Waals surface area contributed by atoms with Gasteiger partial charge >= 0.3 is 5.97 Å². The molecular formula is C12H18N2O2. The number of carbonyl (C=O) groups is 1. The second-order valence-corrected chi connectivity index (χ2v) is 4.52. The lowest BCUT2D eigenvalue weighted by Crippen LogP contribution is -2.34. The van der Waals surface area contributed by atoms with Crippen molar-refractivity contribution in [3.05, 3.63) is 18.2 Å². The van der Waals surface area contributed by atoms with Crippen LogP contribution in [-0.4, -0.2) is 20.6 Å². The zero-order valence-corrected chi connectivity index (χ0v) is 9.59. The van der Waals surface area contributed by atoms with Crippen molar-refractivity contribution in [3.8, 4) is 0 Å². The molecule has 1 aromatic rings. The number of hydrogen-bond donors (Lipinski definition) is 1. The number of nitrogens with zero attached hydrogens (tertiary/aromatic N) is 2. The van der Waals surface area contributed by atoms with Crippen molar-refractivity contribution in [3.63, 3.8) is 0 Å². The number of carboxylic acids is 1. The van der Waals surface area contributed by atoms with Crippen molar-refractivity contribution in [1.82, 2.24) is 9.55 Å². The van der Waals surface area contributed by atoms with Gasteiger partial charge in [-0.15, -0.1) is 0 Å². The van der Waals surface area contributed by atoms with Crippen LogP contribution < -0.4 is 0 Å². The standard InChI is InChI=1S/C12H18N2O2/c1-2-6-14-7-5-13-11(14)8-9-3-4-10(9)12(15)16/h5,7,9-10H,2-4,6,8H2,1H3,(H,15,16). The number of hydrogen-bond acceptors (Lipinski definition) is 2. The SMILES string of the molecule is CCCn1ccnc1CC1CCC1C(=O)O. The van der Waals surface area contributed by atoms with E-state index in [4.69, 9.17) is 5.11 Å². The van der Waals surface area contributed by atoms with Gasteiger partial charge in [0.1, 0.15) is 5.82 Å². The normalized spacial score (nSPS) is 24.1. The van der Waals surface area contributed by atoms with E-state index in [0.29, 0.717) is 0 Å². The molecule has 1 aliphatic carbocycles. The van der Waals surface area contributed by atoms with E-state index in [1.54, 1.807) is 6.20 Å². The predicted molar refractivity (Wildman–Crippen MR) is 60.1 cm³/mol. The number of rotatable bonds is 5. The molecule has 0 radical (unpaired) electrons. The van der Waals surface area contributed by atoms with E-state index in [2.05, 4.69) is 16.5 Å². The van der Waals surface area contributed by atoms with E-state index in [1.165, 1.54) is 0 Å². The quantitative estimate of drug-likeness (QED) is 0.828.